The Morgan fingerprint density at radius 1 is 0.857 bits per heavy atom. The predicted molar refractivity (Wildman–Crippen MR) is 89.8 cm³/mol. The molecule has 0 fully saturated rings. The van der Waals surface area contributed by atoms with E-state index in [1.54, 1.807) is 24.3 Å². The van der Waals surface area contributed by atoms with E-state index in [-0.39, 0.29) is 0 Å². The van der Waals surface area contributed by atoms with Gasteiger partial charge in [-0.15, -0.1) is 0 Å². The summed E-state index contributed by atoms with van der Waals surface area (Å²) in [6, 6.07) is 8.79. The van der Waals surface area contributed by atoms with Gasteiger partial charge in [0, 0.05) is 16.0 Å². The molecular formula is C15H8Cl4N2. The average molecular weight is 358 g/mol. The highest BCUT2D eigenvalue weighted by molar-refractivity contribution is 6.39. The molecule has 0 bridgehead atoms. The number of rotatable bonds is 1. The molecule has 106 valence electrons. The van der Waals surface area contributed by atoms with Gasteiger partial charge in [-0.2, -0.15) is 0 Å². The van der Waals surface area contributed by atoms with Crippen LogP contribution in [-0.4, -0.2) is 9.97 Å². The minimum atomic E-state index is 0.348. The van der Waals surface area contributed by atoms with Crippen molar-refractivity contribution in [3.05, 3.63) is 56.1 Å². The number of halogens is 4. The summed E-state index contributed by atoms with van der Waals surface area (Å²) in [4.78, 5) is 8.83. The van der Waals surface area contributed by atoms with Gasteiger partial charge in [0.05, 0.1) is 15.6 Å². The molecule has 3 aromatic rings. The Kier molecular flexibility index (Phi) is 3.98. The third kappa shape index (κ3) is 2.69. The van der Waals surface area contributed by atoms with E-state index in [1.807, 2.05) is 13.0 Å². The molecule has 0 saturated heterocycles. The lowest BCUT2D eigenvalue weighted by Gasteiger charge is -2.09. The van der Waals surface area contributed by atoms with Crippen molar-refractivity contribution in [3.8, 4) is 11.4 Å². The van der Waals surface area contributed by atoms with Crippen molar-refractivity contribution in [1.29, 1.82) is 0 Å². The zero-order valence-electron chi connectivity index (χ0n) is 10.8. The molecule has 3 rings (SSSR count). The van der Waals surface area contributed by atoms with Crippen molar-refractivity contribution < 1.29 is 0 Å². The molecule has 0 amide bonds. The van der Waals surface area contributed by atoms with Gasteiger partial charge in [0.15, 0.2) is 5.82 Å². The van der Waals surface area contributed by atoms with Gasteiger partial charge in [0.1, 0.15) is 5.15 Å². The monoisotopic (exact) mass is 356 g/mol. The highest BCUT2D eigenvalue weighted by Crippen LogP contribution is 2.34. The number of benzene rings is 2. The van der Waals surface area contributed by atoms with E-state index in [9.17, 15) is 0 Å². The number of fused-ring (bicyclic) bond motifs is 1. The number of hydrogen-bond acceptors (Lipinski definition) is 2. The molecule has 1 heterocycles. The maximum Gasteiger partial charge on any atom is 0.163 e. The summed E-state index contributed by atoms with van der Waals surface area (Å²) in [5.74, 6) is 0.418. The molecule has 0 radical (unpaired) electrons. The Morgan fingerprint density at radius 2 is 1.62 bits per heavy atom. The van der Waals surface area contributed by atoms with Crippen LogP contribution in [0.15, 0.2) is 30.3 Å². The average Bonchev–Trinajstić information content (AvgIpc) is 2.42. The van der Waals surface area contributed by atoms with Crippen LogP contribution in [0.1, 0.15) is 5.56 Å². The van der Waals surface area contributed by atoms with Crippen LogP contribution in [-0.2, 0) is 0 Å². The summed E-state index contributed by atoms with van der Waals surface area (Å²) in [5.41, 5.74) is 2.23. The number of hydrogen-bond donors (Lipinski definition) is 0. The fourth-order valence-electron chi connectivity index (χ4n) is 2.11. The van der Waals surface area contributed by atoms with Crippen LogP contribution in [0.3, 0.4) is 0 Å². The van der Waals surface area contributed by atoms with E-state index >= 15 is 0 Å². The van der Waals surface area contributed by atoms with Crippen LogP contribution < -0.4 is 0 Å². The molecule has 2 aromatic carbocycles. The van der Waals surface area contributed by atoms with Crippen molar-refractivity contribution >= 4 is 57.3 Å². The minimum absolute atomic E-state index is 0.348. The first-order valence-electron chi connectivity index (χ1n) is 6.05. The first kappa shape index (κ1) is 14.9. The smallest absolute Gasteiger partial charge is 0.163 e. The fourth-order valence-corrected chi connectivity index (χ4v) is 3.12. The van der Waals surface area contributed by atoms with Gasteiger partial charge >= 0.3 is 0 Å². The lowest BCUT2D eigenvalue weighted by Crippen LogP contribution is -1.95. The van der Waals surface area contributed by atoms with Crippen LogP contribution in [0.4, 0.5) is 0 Å². The summed E-state index contributed by atoms with van der Waals surface area (Å²) in [7, 11) is 0. The van der Waals surface area contributed by atoms with Gasteiger partial charge in [-0.05, 0) is 36.8 Å². The van der Waals surface area contributed by atoms with Crippen LogP contribution in [0.5, 0.6) is 0 Å². The molecule has 0 spiro atoms. The zero-order chi connectivity index (χ0) is 15.1. The second-order valence-corrected chi connectivity index (χ2v) is 6.16. The molecule has 0 unspecified atom stereocenters. The largest absolute Gasteiger partial charge is 0.226 e. The molecule has 0 saturated carbocycles. The van der Waals surface area contributed by atoms with Crippen molar-refractivity contribution in [2.24, 2.45) is 0 Å². The van der Waals surface area contributed by atoms with Crippen molar-refractivity contribution in [1.82, 2.24) is 9.97 Å². The van der Waals surface area contributed by atoms with Crippen LogP contribution in [0.25, 0.3) is 22.3 Å². The van der Waals surface area contributed by atoms with Crippen molar-refractivity contribution in [2.45, 2.75) is 6.92 Å². The Morgan fingerprint density at radius 3 is 2.33 bits per heavy atom. The zero-order valence-corrected chi connectivity index (χ0v) is 13.8. The van der Waals surface area contributed by atoms with Gasteiger partial charge in [-0.3, -0.25) is 0 Å². The number of aryl methyl sites for hydroxylation is 1. The summed E-state index contributed by atoms with van der Waals surface area (Å²) < 4.78 is 0. The van der Waals surface area contributed by atoms with E-state index < -0.39 is 0 Å². The maximum absolute atomic E-state index is 6.29. The third-order valence-corrected chi connectivity index (χ3v) is 4.26. The second-order valence-electron chi connectivity index (χ2n) is 4.55. The molecule has 0 aliphatic heterocycles. The van der Waals surface area contributed by atoms with E-state index in [4.69, 9.17) is 46.4 Å². The molecular weight excluding hydrogens is 350 g/mol. The summed E-state index contributed by atoms with van der Waals surface area (Å²) in [6.07, 6.45) is 0. The SMILES string of the molecule is Cc1ccc(Cl)c2nc(-c3ccc(Cl)cc3Cl)nc(Cl)c12. The lowest BCUT2D eigenvalue weighted by molar-refractivity contribution is 1.22. The highest BCUT2D eigenvalue weighted by Gasteiger charge is 2.14. The minimum Gasteiger partial charge on any atom is -0.226 e. The molecule has 2 nitrogen and oxygen atoms in total. The van der Waals surface area contributed by atoms with E-state index in [0.29, 0.717) is 37.1 Å². The standard InChI is InChI=1S/C15H8Cl4N2/c1-7-2-5-10(17)13-12(7)14(19)21-15(20-13)9-4-3-8(16)6-11(9)18/h2-6H,1H3. The van der Waals surface area contributed by atoms with Crippen molar-refractivity contribution in [3.63, 3.8) is 0 Å². The van der Waals surface area contributed by atoms with E-state index in [2.05, 4.69) is 9.97 Å². The Hall–Kier alpha value is -1.06. The summed E-state index contributed by atoms with van der Waals surface area (Å²) in [6.45, 7) is 1.93. The van der Waals surface area contributed by atoms with Gasteiger partial charge in [0.2, 0.25) is 0 Å². The first-order valence-corrected chi connectivity index (χ1v) is 7.56. The molecule has 0 aliphatic rings. The topological polar surface area (TPSA) is 25.8 Å². The molecule has 0 aliphatic carbocycles. The maximum atomic E-state index is 6.29. The number of nitrogens with zero attached hydrogens (tertiary/aromatic N) is 2. The molecule has 1 aromatic heterocycles. The first-order chi connectivity index (χ1) is 9.97. The Bertz CT molecular complexity index is 862. The van der Waals surface area contributed by atoms with Gasteiger partial charge in [0.25, 0.3) is 0 Å². The summed E-state index contributed by atoms with van der Waals surface area (Å²) >= 11 is 24.6. The fraction of sp³-hybridized carbons (Fsp3) is 0.0667. The van der Waals surface area contributed by atoms with Crippen LogP contribution in [0.2, 0.25) is 20.2 Å². The van der Waals surface area contributed by atoms with Crippen LogP contribution in [0, 0.1) is 6.92 Å². The third-order valence-electron chi connectivity index (χ3n) is 3.14. The molecule has 0 N–H and O–H groups in total. The predicted octanol–water partition coefficient (Wildman–Crippen LogP) is 6.22. The van der Waals surface area contributed by atoms with E-state index in [0.717, 1.165) is 10.9 Å². The van der Waals surface area contributed by atoms with Crippen molar-refractivity contribution in [2.75, 3.05) is 0 Å². The Labute approximate surface area is 141 Å². The van der Waals surface area contributed by atoms with Gasteiger partial charge < -0.3 is 0 Å². The van der Waals surface area contributed by atoms with Gasteiger partial charge in [-0.25, -0.2) is 9.97 Å². The van der Waals surface area contributed by atoms with E-state index in [1.165, 1.54) is 0 Å². The lowest BCUT2D eigenvalue weighted by atomic mass is 10.1. The molecule has 21 heavy (non-hydrogen) atoms. The van der Waals surface area contributed by atoms with Gasteiger partial charge in [-0.1, -0.05) is 52.5 Å². The second kappa shape index (κ2) is 5.62. The summed E-state index contributed by atoms with van der Waals surface area (Å²) in [5, 5.41) is 2.62. The number of aromatic nitrogens is 2. The van der Waals surface area contributed by atoms with Crippen LogP contribution >= 0.6 is 46.4 Å². The quantitative estimate of drug-likeness (QED) is 0.483. The Balaban J connectivity index is 2.33. The normalized spacial score (nSPS) is 11.1. The molecule has 6 heteroatoms. The molecule has 0 atom stereocenters. The highest BCUT2D eigenvalue weighted by atomic mass is 35.5.